The molecule has 1 atom stereocenters. The van der Waals surface area contributed by atoms with Crippen LogP contribution in [0.15, 0.2) is 30.5 Å². The number of aromatic nitrogens is 1. The largest absolute Gasteiger partial charge is 0.396 e. The van der Waals surface area contributed by atoms with Crippen molar-refractivity contribution in [2.45, 2.75) is 19.3 Å². The van der Waals surface area contributed by atoms with E-state index in [9.17, 15) is 14.3 Å². The number of rotatable bonds is 4. The summed E-state index contributed by atoms with van der Waals surface area (Å²) in [4.78, 5) is 19.3. The molecule has 1 unspecified atom stereocenters. The zero-order valence-electron chi connectivity index (χ0n) is 12.7. The Bertz CT molecular complexity index is 671. The summed E-state index contributed by atoms with van der Waals surface area (Å²) in [5, 5.41) is 10.1. The smallest absolute Gasteiger partial charge is 0.265 e. The standard InChI is InChI=1S/C17H19FN2O2S/c18-14-5-3-12(4-6-14)8-16-19-9-15(23-16)17(22)20-7-1-2-13(10-20)11-21/h3-6,9,13,21H,1-2,7-8,10-11H2. The number of thiazole rings is 1. The molecular formula is C17H19FN2O2S. The first kappa shape index (κ1) is 16.1. The summed E-state index contributed by atoms with van der Waals surface area (Å²) in [6, 6.07) is 6.32. The third kappa shape index (κ3) is 3.95. The molecule has 1 aromatic heterocycles. The van der Waals surface area contributed by atoms with Crippen molar-refractivity contribution >= 4 is 17.2 Å². The van der Waals surface area contributed by atoms with E-state index in [2.05, 4.69) is 4.98 Å². The van der Waals surface area contributed by atoms with E-state index in [4.69, 9.17) is 0 Å². The fourth-order valence-electron chi connectivity index (χ4n) is 2.82. The number of halogens is 1. The van der Waals surface area contributed by atoms with E-state index in [0.717, 1.165) is 30.0 Å². The van der Waals surface area contributed by atoms with Crippen molar-refractivity contribution < 1.29 is 14.3 Å². The lowest BCUT2D eigenvalue weighted by atomic mass is 9.99. The van der Waals surface area contributed by atoms with E-state index >= 15 is 0 Å². The third-order valence-corrected chi connectivity index (χ3v) is 5.08. The summed E-state index contributed by atoms with van der Waals surface area (Å²) in [7, 11) is 0. The number of benzene rings is 1. The fourth-order valence-corrected chi connectivity index (χ4v) is 3.74. The number of aliphatic hydroxyl groups excluding tert-OH is 1. The summed E-state index contributed by atoms with van der Waals surface area (Å²) in [6.45, 7) is 1.48. The van der Waals surface area contributed by atoms with Crippen LogP contribution in [0.2, 0.25) is 0 Å². The number of carbonyl (C=O) groups is 1. The zero-order chi connectivity index (χ0) is 16.2. The number of hydrogen-bond donors (Lipinski definition) is 1. The van der Waals surface area contributed by atoms with Crippen LogP contribution in [0.25, 0.3) is 0 Å². The molecule has 0 radical (unpaired) electrons. The molecule has 1 saturated heterocycles. The molecule has 1 fully saturated rings. The second kappa shape index (κ2) is 7.19. The van der Waals surface area contributed by atoms with Crippen molar-refractivity contribution in [3.8, 4) is 0 Å². The van der Waals surface area contributed by atoms with Gasteiger partial charge in [-0.3, -0.25) is 4.79 Å². The highest BCUT2D eigenvalue weighted by atomic mass is 32.1. The molecule has 2 heterocycles. The highest BCUT2D eigenvalue weighted by Gasteiger charge is 2.25. The topological polar surface area (TPSA) is 53.4 Å². The van der Waals surface area contributed by atoms with E-state index in [-0.39, 0.29) is 24.2 Å². The summed E-state index contributed by atoms with van der Waals surface area (Å²) in [5.41, 5.74) is 0.970. The molecule has 1 N–H and O–H groups in total. The first-order chi connectivity index (χ1) is 11.2. The van der Waals surface area contributed by atoms with Crippen molar-refractivity contribution in [3.63, 3.8) is 0 Å². The van der Waals surface area contributed by atoms with Gasteiger partial charge < -0.3 is 10.0 Å². The minimum atomic E-state index is -0.257. The van der Waals surface area contributed by atoms with Crippen LogP contribution in [0.3, 0.4) is 0 Å². The average Bonchev–Trinajstić information content (AvgIpc) is 3.05. The molecule has 122 valence electrons. The van der Waals surface area contributed by atoms with Gasteiger partial charge in [0, 0.05) is 26.1 Å². The molecule has 2 aromatic rings. The lowest BCUT2D eigenvalue weighted by molar-refractivity contribution is 0.0625. The predicted octanol–water partition coefficient (Wildman–Crippen LogP) is 2.72. The Hall–Kier alpha value is -1.79. The highest BCUT2D eigenvalue weighted by molar-refractivity contribution is 7.13. The van der Waals surface area contributed by atoms with Crippen molar-refractivity contribution in [1.29, 1.82) is 0 Å². The van der Waals surface area contributed by atoms with E-state index in [1.54, 1.807) is 23.2 Å². The lowest BCUT2D eigenvalue weighted by Crippen LogP contribution is -2.40. The SMILES string of the molecule is O=C(c1cnc(Cc2ccc(F)cc2)s1)N1CCCC(CO)C1. The van der Waals surface area contributed by atoms with E-state index in [1.165, 1.54) is 23.5 Å². The Morgan fingerprint density at radius 1 is 1.39 bits per heavy atom. The van der Waals surface area contributed by atoms with Gasteiger partial charge in [0.15, 0.2) is 0 Å². The van der Waals surface area contributed by atoms with Gasteiger partial charge in [-0.25, -0.2) is 9.37 Å². The van der Waals surface area contributed by atoms with Crippen molar-refractivity contribution in [2.24, 2.45) is 5.92 Å². The Morgan fingerprint density at radius 2 is 2.17 bits per heavy atom. The first-order valence-corrected chi connectivity index (χ1v) is 8.56. The zero-order valence-corrected chi connectivity index (χ0v) is 13.6. The Morgan fingerprint density at radius 3 is 2.91 bits per heavy atom. The van der Waals surface area contributed by atoms with Gasteiger partial charge in [-0.2, -0.15) is 0 Å². The number of hydrogen-bond acceptors (Lipinski definition) is 4. The van der Waals surface area contributed by atoms with Crippen LogP contribution in [-0.2, 0) is 6.42 Å². The Labute approximate surface area is 138 Å². The van der Waals surface area contributed by atoms with Gasteiger partial charge in [0.2, 0.25) is 0 Å². The van der Waals surface area contributed by atoms with Crippen LogP contribution in [0, 0.1) is 11.7 Å². The number of piperidine rings is 1. The highest BCUT2D eigenvalue weighted by Crippen LogP contribution is 2.22. The van der Waals surface area contributed by atoms with E-state index in [0.29, 0.717) is 17.8 Å². The molecule has 1 aromatic carbocycles. The van der Waals surface area contributed by atoms with Crippen LogP contribution in [0.5, 0.6) is 0 Å². The average molecular weight is 334 g/mol. The molecule has 0 spiro atoms. The van der Waals surface area contributed by atoms with Gasteiger partial charge in [-0.1, -0.05) is 12.1 Å². The molecular weight excluding hydrogens is 315 g/mol. The van der Waals surface area contributed by atoms with Crippen LogP contribution < -0.4 is 0 Å². The minimum absolute atomic E-state index is 0.00833. The van der Waals surface area contributed by atoms with Crippen molar-refractivity contribution in [3.05, 3.63) is 51.7 Å². The molecule has 1 aliphatic rings. The van der Waals surface area contributed by atoms with Crippen molar-refractivity contribution in [2.75, 3.05) is 19.7 Å². The fraction of sp³-hybridized carbons (Fsp3) is 0.412. The lowest BCUT2D eigenvalue weighted by Gasteiger charge is -2.31. The maximum Gasteiger partial charge on any atom is 0.265 e. The van der Waals surface area contributed by atoms with E-state index < -0.39 is 0 Å². The van der Waals surface area contributed by atoms with Gasteiger partial charge in [-0.05, 0) is 36.5 Å². The molecule has 0 bridgehead atoms. The molecule has 1 aliphatic heterocycles. The molecule has 4 nitrogen and oxygen atoms in total. The van der Waals surface area contributed by atoms with Gasteiger partial charge in [0.05, 0.1) is 11.2 Å². The maximum atomic E-state index is 12.9. The van der Waals surface area contributed by atoms with Gasteiger partial charge in [0.1, 0.15) is 10.7 Å². The van der Waals surface area contributed by atoms with E-state index in [1.807, 2.05) is 0 Å². The Balaban J connectivity index is 1.66. The minimum Gasteiger partial charge on any atom is -0.396 e. The molecule has 23 heavy (non-hydrogen) atoms. The molecule has 1 amide bonds. The second-order valence-corrected chi connectivity index (χ2v) is 6.98. The quantitative estimate of drug-likeness (QED) is 0.935. The summed E-state index contributed by atoms with van der Waals surface area (Å²) >= 11 is 1.38. The third-order valence-electron chi connectivity index (χ3n) is 4.10. The monoisotopic (exact) mass is 334 g/mol. The first-order valence-electron chi connectivity index (χ1n) is 7.75. The van der Waals surface area contributed by atoms with Gasteiger partial charge in [-0.15, -0.1) is 11.3 Å². The van der Waals surface area contributed by atoms with Crippen LogP contribution in [0.1, 0.15) is 33.1 Å². The number of carbonyl (C=O) groups excluding carboxylic acids is 1. The normalized spacial score (nSPS) is 18.2. The second-order valence-electron chi connectivity index (χ2n) is 5.86. The molecule has 3 rings (SSSR count). The molecule has 0 aliphatic carbocycles. The summed E-state index contributed by atoms with van der Waals surface area (Å²) in [5.74, 6) is -0.0856. The van der Waals surface area contributed by atoms with Gasteiger partial charge in [0.25, 0.3) is 5.91 Å². The number of aliphatic hydroxyl groups is 1. The summed E-state index contributed by atoms with van der Waals surface area (Å²) in [6.07, 6.45) is 4.11. The summed E-state index contributed by atoms with van der Waals surface area (Å²) < 4.78 is 12.9. The van der Waals surface area contributed by atoms with Crippen LogP contribution >= 0.6 is 11.3 Å². The molecule has 0 saturated carbocycles. The van der Waals surface area contributed by atoms with Crippen LogP contribution in [-0.4, -0.2) is 40.6 Å². The number of likely N-dealkylation sites (tertiary alicyclic amines) is 1. The predicted molar refractivity (Wildman–Crippen MR) is 87.0 cm³/mol. The number of nitrogens with zero attached hydrogens (tertiary/aromatic N) is 2. The Kier molecular flexibility index (Phi) is 5.03. The number of amides is 1. The molecule has 6 heteroatoms. The maximum absolute atomic E-state index is 12.9. The van der Waals surface area contributed by atoms with Gasteiger partial charge >= 0.3 is 0 Å². The van der Waals surface area contributed by atoms with Crippen molar-refractivity contribution in [1.82, 2.24) is 9.88 Å². The van der Waals surface area contributed by atoms with Crippen LogP contribution in [0.4, 0.5) is 4.39 Å².